The maximum atomic E-state index is 14.9. The van der Waals surface area contributed by atoms with E-state index in [2.05, 4.69) is 34.6 Å². The van der Waals surface area contributed by atoms with Crippen LogP contribution in [0.1, 0.15) is 138 Å². The van der Waals surface area contributed by atoms with Crippen LogP contribution in [0.4, 0.5) is 0 Å². The van der Waals surface area contributed by atoms with Gasteiger partial charge in [-0.3, -0.25) is 19.4 Å². The van der Waals surface area contributed by atoms with Crippen molar-refractivity contribution in [1.82, 2.24) is 0 Å². The molecule has 6 rings (SSSR count). The van der Waals surface area contributed by atoms with E-state index in [1.54, 1.807) is 0 Å². The molecule has 0 saturated heterocycles. The predicted octanol–water partition coefficient (Wildman–Crippen LogP) is 7.63. The fraction of sp³-hybridized carbons (Fsp3) is 0.769. The zero-order valence-electron chi connectivity index (χ0n) is 30.8. The molecule has 10 nitrogen and oxygen atoms in total. The first-order valence-corrected chi connectivity index (χ1v) is 18.2. The molecule has 1 N–H and O–H groups in total. The Morgan fingerprint density at radius 3 is 2.35 bits per heavy atom. The van der Waals surface area contributed by atoms with E-state index in [1.807, 2.05) is 26.8 Å². The number of allylic oxidation sites excluding steroid dienone is 2. The van der Waals surface area contributed by atoms with E-state index in [9.17, 15) is 24.3 Å². The molecule has 0 aromatic carbocycles. The molecule has 0 radical (unpaired) electrons. The number of carboxylic acids is 1. The lowest BCUT2D eigenvalue weighted by molar-refractivity contribution is -0.198. The molecule has 0 spiro atoms. The quantitative estimate of drug-likeness (QED) is 0.174. The number of esters is 1. The summed E-state index contributed by atoms with van der Waals surface area (Å²) in [4.78, 5) is 56.7. The second kappa shape index (κ2) is 11.7. The predicted molar refractivity (Wildman–Crippen MR) is 182 cm³/mol. The van der Waals surface area contributed by atoms with Crippen molar-refractivity contribution in [2.45, 2.75) is 144 Å². The van der Waals surface area contributed by atoms with E-state index in [1.165, 1.54) is 13.3 Å². The van der Waals surface area contributed by atoms with Gasteiger partial charge in [0, 0.05) is 30.1 Å². The van der Waals surface area contributed by atoms with Gasteiger partial charge in [-0.05, 0) is 93.0 Å². The van der Waals surface area contributed by atoms with Gasteiger partial charge in [0.25, 0.3) is 0 Å². The first-order chi connectivity index (χ1) is 22.8. The molecule has 270 valence electrons. The van der Waals surface area contributed by atoms with Crippen molar-refractivity contribution >= 4 is 24.1 Å². The topological polar surface area (TPSA) is 146 Å². The molecule has 1 unspecified atom stereocenters. The summed E-state index contributed by atoms with van der Waals surface area (Å²) in [5, 5.41) is 10.2. The first-order valence-electron chi connectivity index (χ1n) is 18.2. The van der Waals surface area contributed by atoms with Gasteiger partial charge >= 0.3 is 17.8 Å². The van der Waals surface area contributed by atoms with Crippen LogP contribution in [-0.4, -0.2) is 40.9 Å². The lowest BCUT2D eigenvalue weighted by Gasteiger charge is -2.71. The van der Waals surface area contributed by atoms with Crippen LogP contribution in [0.2, 0.25) is 0 Å². The second-order valence-corrected chi connectivity index (χ2v) is 17.7. The highest BCUT2D eigenvalue weighted by molar-refractivity contribution is 5.96. The van der Waals surface area contributed by atoms with Crippen molar-refractivity contribution < 1.29 is 37.8 Å². The van der Waals surface area contributed by atoms with E-state index in [4.69, 9.17) is 23.3 Å². The minimum atomic E-state index is -0.814. The van der Waals surface area contributed by atoms with Gasteiger partial charge in [0.1, 0.15) is 6.10 Å². The van der Waals surface area contributed by atoms with Crippen LogP contribution in [0.3, 0.4) is 0 Å². The van der Waals surface area contributed by atoms with Gasteiger partial charge in [-0.25, -0.2) is 4.79 Å². The number of carbonyl (C=O) groups is 3. The number of nitrogens with zero attached hydrogens (tertiary/aromatic N) is 1. The number of hydrogen-bond donors (Lipinski definition) is 1. The van der Waals surface area contributed by atoms with Crippen LogP contribution < -0.4 is 5.82 Å². The number of carbonyl (C=O) groups excluding carboxylic acids is 2. The minimum absolute atomic E-state index is 0.0308. The summed E-state index contributed by atoms with van der Waals surface area (Å²) >= 11 is 0. The van der Waals surface area contributed by atoms with Gasteiger partial charge in [0.05, 0.1) is 11.0 Å². The molecule has 0 amide bonds. The standard InChI is InChI=1S/C39H55NO9/c1-22(2)30-29(48-33(45)49-30)20-46-21-40-39-17-16-37(8)31(38(39,9)11-10-28(23(39)3)47-24(4)41)27(42)18-25-26-19-35(6,32(43)44)13-12-34(26,5)14-15-36(25,37)7/h18,21-23,26,28,31H,10-17,19-20H2,1-9H3,(H,43,44)/t23-,26-,28-,31?,34+,35-,36+,37+,38+,39+/m0/s1. The Bertz CT molecular complexity index is 1650. The van der Waals surface area contributed by atoms with Gasteiger partial charge in [0.2, 0.25) is 0 Å². The third kappa shape index (κ3) is 5.11. The molecule has 10 atom stereocenters. The third-order valence-corrected chi connectivity index (χ3v) is 14.9. The van der Waals surface area contributed by atoms with Gasteiger partial charge in [-0.1, -0.05) is 54.0 Å². The van der Waals surface area contributed by atoms with Gasteiger partial charge in [-0.2, -0.15) is 0 Å². The lowest BCUT2D eigenvalue weighted by atomic mass is 9.33. The van der Waals surface area contributed by atoms with Crippen LogP contribution in [0.25, 0.3) is 0 Å². The number of carboxylic acid groups (broad SMARTS) is 1. The van der Waals surface area contributed by atoms with Crippen LogP contribution in [-0.2, 0) is 30.5 Å². The molecular weight excluding hydrogens is 626 g/mol. The Hall–Kier alpha value is -3.17. The molecule has 1 heterocycles. The molecule has 4 saturated carbocycles. The van der Waals surface area contributed by atoms with E-state index in [-0.39, 0.29) is 64.4 Å². The maximum absolute atomic E-state index is 14.9. The second-order valence-electron chi connectivity index (χ2n) is 17.7. The van der Waals surface area contributed by atoms with Gasteiger partial charge in [-0.15, -0.1) is 0 Å². The van der Waals surface area contributed by atoms with E-state index in [0.29, 0.717) is 43.6 Å². The Kier molecular flexibility index (Phi) is 8.51. The molecule has 1 aromatic rings. The van der Waals surface area contributed by atoms with Crippen molar-refractivity contribution in [3.63, 3.8) is 0 Å². The number of aliphatic imine (C=N–C) groups is 1. The summed E-state index contributed by atoms with van der Waals surface area (Å²) in [6.07, 6.45) is 9.66. The Morgan fingerprint density at radius 2 is 1.69 bits per heavy atom. The van der Waals surface area contributed by atoms with Crippen LogP contribution in [0.15, 0.2) is 30.3 Å². The van der Waals surface area contributed by atoms with Crippen molar-refractivity contribution in [2.24, 2.45) is 49.8 Å². The molecule has 4 fully saturated rings. The summed E-state index contributed by atoms with van der Waals surface area (Å²) in [6.45, 7) is 18.3. The monoisotopic (exact) mass is 681 g/mol. The molecule has 5 aliphatic rings. The van der Waals surface area contributed by atoms with Crippen LogP contribution in [0.5, 0.6) is 0 Å². The summed E-state index contributed by atoms with van der Waals surface area (Å²) in [5.41, 5.74) is -1.73. The molecule has 1 aromatic heterocycles. The summed E-state index contributed by atoms with van der Waals surface area (Å²) in [6, 6.07) is 0. The SMILES string of the molecule is CC(=O)O[C@H]1CC[C@]2(C)C3C(=O)C=C4[C@@H]5C[C@@](C)(C(=O)O)CC[C@]5(C)CC[C@@]4(C)[C@]3(C)CC[C@@]2(N=COCc2oc(=O)oc2C(C)C)[C@H]1C. The number of ketones is 1. The molecule has 5 aliphatic carbocycles. The number of fused-ring (bicyclic) bond motifs is 7. The number of ether oxygens (including phenoxy) is 2. The summed E-state index contributed by atoms with van der Waals surface area (Å²) < 4.78 is 22.3. The van der Waals surface area contributed by atoms with E-state index >= 15 is 0 Å². The fourth-order valence-electron chi connectivity index (χ4n) is 11.7. The lowest BCUT2D eigenvalue weighted by Crippen LogP contribution is -2.71. The largest absolute Gasteiger partial charge is 0.519 e. The zero-order valence-corrected chi connectivity index (χ0v) is 30.8. The molecule has 0 bridgehead atoms. The maximum Gasteiger partial charge on any atom is 0.519 e. The molecule has 49 heavy (non-hydrogen) atoms. The average molecular weight is 682 g/mol. The fourth-order valence-corrected chi connectivity index (χ4v) is 11.7. The highest BCUT2D eigenvalue weighted by Crippen LogP contribution is 2.75. The number of hydrogen-bond acceptors (Lipinski definition) is 9. The van der Waals surface area contributed by atoms with Gasteiger partial charge in [0.15, 0.2) is 30.3 Å². The smallest absolute Gasteiger partial charge is 0.481 e. The normalized spacial score (nSPS) is 43.2. The summed E-state index contributed by atoms with van der Waals surface area (Å²) in [7, 11) is 0. The van der Waals surface area contributed by atoms with Crippen molar-refractivity contribution in [2.75, 3.05) is 0 Å². The Labute approximate surface area is 289 Å². The van der Waals surface area contributed by atoms with Crippen LogP contribution >= 0.6 is 0 Å². The van der Waals surface area contributed by atoms with Gasteiger partial charge < -0.3 is 23.4 Å². The van der Waals surface area contributed by atoms with Crippen LogP contribution in [0, 0.1) is 44.8 Å². The van der Waals surface area contributed by atoms with Crippen molar-refractivity contribution in [3.05, 3.63) is 33.8 Å². The third-order valence-electron chi connectivity index (χ3n) is 14.9. The van der Waals surface area contributed by atoms with Crippen molar-refractivity contribution in [3.8, 4) is 0 Å². The molecular formula is C39H55NO9. The van der Waals surface area contributed by atoms with Crippen molar-refractivity contribution in [1.29, 1.82) is 0 Å². The van der Waals surface area contributed by atoms with E-state index < -0.39 is 28.2 Å². The number of aliphatic carboxylic acids is 1. The zero-order chi connectivity index (χ0) is 35.9. The minimum Gasteiger partial charge on any atom is -0.481 e. The summed E-state index contributed by atoms with van der Waals surface area (Å²) in [5.74, 6) is -1.60. The molecule has 10 heteroatoms. The average Bonchev–Trinajstić information content (AvgIpc) is 3.40. The highest BCUT2D eigenvalue weighted by atomic mass is 16.6. The first kappa shape index (κ1) is 35.6. The van der Waals surface area contributed by atoms with E-state index in [0.717, 1.165) is 31.3 Å². The highest BCUT2D eigenvalue weighted by Gasteiger charge is 2.73. The Balaban J connectivity index is 1.40. The molecule has 0 aliphatic heterocycles. The Morgan fingerprint density at radius 1 is 1.00 bits per heavy atom. The number of rotatable bonds is 7.